The van der Waals surface area contributed by atoms with Crippen molar-refractivity contribution < 1.29 is 32.2 Å². The molecule has 11 heteroatoms. The van der Waals surface area contributed by atoms with E-state index in [1.165, 1.54) is 12.1 Å². The fourth-order valence-electron chi connectivity index (χ4n) is 4.95. The zero-order valence-corrected chi connectivity index (χ0v) is 25.1. The summed E-state index contributed by atoms with van der Waals surface area (Å²) in [6, 6.07) is 16.8. The summed E-state index contributed by atoms with van der Waals surface area (Å²) < 4.78 is 53.5. The van der Waals surface area contributed by atoms with Crippen LogP contribution in [0.5, 0.6) is 11.5 Å². The molecule has 0 fully saturated rings. The van der Waals surface area contributed by atoms with E-state index in [4.69, 9.17) is 9.47 Å². The number of amides is 1. The fourth-order valence-corrected chi connectivity index (χ4v) is 6.00. The second-order valence-electron chi connectivity index (χ2n) is 10.8. The quantitative estimate of drug-likeness (QED) is 0.364. The highest BCUT2D eigenvalue weighted by Crippen LogP contribution is 2.30. The zero-order chi connectivity index (χ0) is 30.4. The summed E-state index contributed by atoms with van der Waals surface area (Å²) >= 11 is 0. The van der Waals surface area contributed by atoms with Crippen molar-refractivity contribution in [3.8, 4) is 11.5 Å². The van der Waals surface area contributed by atoms with Crippen molar-refractivity contribution in [1.29, 1.82) is 0 Å². The van der Waals surface area contributed by atoms with Crippen LogP contribution in [0.4, 0.5) is 10.1 Å². The number of nitrogens with zero attached hydrogens (tertiary/aromatic N) is 2. The zero-order valence-electron chi connectivity index (χ0n) is 24.3. The lowest BCUT2D eigenvalue weighted by molar-refractivity contribution is -0.134. The van der Waals surface area contributed by atoms with E-state index in [1.807, 2.05) is 38.2 Å². The van der Waals surface area contributed by atoms with E-state index in [-0.39, 0.29) is 41.5 Å². The van der Waals surface area contributed by atoms with E-state index in [0.717, 1.165) is 23.4 Å². The van der Waals surface area contributed by atoms with Crippen LogP contribution < -0.4 is 14.2 Å². The molecule has 3 atom stereocenters. The predicted molar refractivity (Wildman–Crippen MR) is 159 cm³/mol. The summed E-state index contributed by atoms with van der Waals surface area (Å²) in [5.74, 6) is 0.458. The Labute approximate surface area is 246 Å². The van der Waals surface area contributed by atoms with Crippen molar-refractivity contribution in [1.82, 2.24) is 9.80 Å². The highest BCUT2D eigenvalue weighted by molar-refractivity contribution is 7.92. The first-order valence-corrected chi connectivity index (χ1v) is 15.3. The molecule has 0 bridgehead atoms. The molecular formula is C31H38FN3O6S. The molecule has 0 saturated carbocycles. The Morgan fingerprint density at radius 2 is 1.83 bits per heavy atom. The van der Waals surface area contributed by atoms with Gasteiger partial charge in [0.05, 0.1) is 31.1 Å². The van der Waals surface area contributed by atoms with Crippen LogP contribution in [0.15, 0.2) is 71.6 Å². The third kappa shape index (κ3) is 7.78. The van der Waals surface area contributed by atoms with E-state index in [0.29, 0.717) is 30.9 Å². The monoisotopic (exact) mass is 599 g/mol. The van der Waals surface area contributed by atoms with Gasteiger partial charge in [0.2, 0.25) is 5.91 Å². The minimum absolute atomic E-state index is 0.0348. The van der Waals surface area contributed by atoms with E-state index < -0.39 is 21.9 Å². The van der Waals surface area contributed by atoms with Gasteiger partial charge in [0, 0.05) is 36.8 Å². The summed E-state index contributed by atoms with van der Waals surface area (Å²) in [4.78, 5) is 17.2. The summed E-state index contributed by atoms with van der Waals surface area (Å²) in [6.07, 6.45) is -0.347. The maximum atomic E-state index is 13.5. The van der Waals surface area contributed by atoms with Gasteiger partial charge in [0.15, 0.2) is 0 Å². The molecule has 3 aromatic carbocycles. The largest absolute Gasteiger partial charge is 0.497 e. The SMILES string of the molecule is COc1ccc(CN(C)C[C@H]2Oc3ccc(NS(=O)(=O)c4ccc(F)cc4)cc3CC(=O)N([C@H](C)CO)C[C@H]2C)cc1. The van der Waals surface area contributed by atoms with Crippen molar-refractivity contribution in [2.45, 2.75) is 43.9 Å². The third-order valence-electron chi connectivity index (χ3n) is 7.40. The highest BCUT2D eigenvalue weighted by atomic mass is 32.2. The average molecular weight is 600 g/mol. The van der Waals surface area contributed by atoms with E-state index in [9.17, 15) is 22.7 Å². The van der Waals surface area contributed by atoms with Crippen LogP contribution in [0.3, 0.4) is 0 Å². The van der Waals surface area contributed by atoms with Gasteiger partial charge in [-0.05, 0) is 74.1 Å². The number of nitrogens with one attached hydrogen (secondary N) is 1. The minimum atomic E-state index is -3.99. The molecule has 9 nitrogen and oxygen atoms in total. The Morgan fingerprint density at radius 1 is 1.14 bits per heavy atom. The lowest BCUT2D eigenvalue weighted by Crippen LogP contribution is -2.47. The molecule has 0 radical (unpaired) electrons. The number of benzene rings is 3. The summed E-state index contributed by atoms with van der Waals surface area (Å²) in [7, 11) is -0.362. The number of carbonyl (C=O) groups is 1. The molecule has 0 spiro atoms. The molecular weight excluding hydrogens is 561 g/mol. The fraction of sp³-hybridized carbons (Fsp3) is 0.387. The summed E-state index contributed by atoms with van der Waals surface area (Å²) in [5, 5.41) is 9.89. The highest BCUT2D eigenvalue weighted by Gasteiger charge is 2.31. The molecule has 1 aliphatic heterocycles. The van der Waals surface area contributed by atoms with Gasteiger partial charge in [-0.15, -0.1) is 0 Å². The number of fused-ring (bicyclic) bond motifs is 1. The number of sulfonamides is 1. The van der Waals surface area contributed by atoms with Crippen LogP contribution in [0, 0.1) is 11.7 Å². The molecule has 1 aliphatic rings. The van der Waals surface area contributed by atoms with Crippen LogP contribution in [-0.4, -0.2) is 75.2 Å². The van der Waals surface area contributed by atoms with Crippen molar-refractivity contribution in [2.24, 2.45) is 5.92 Å². The standard InChI is InChI=1S/C31H38FN3O6S/c1-21-17-35(22(2)20-36)31(37)16-24-15-26(33-42(38,39)28-12-7-25(32)8-13-28)9-14-29(24)41-30(21)19-34(3)18-23-5-10-27(40-4)11-6-23/h5-15,21-22,30,33,36H,16-20H2,1-4H3/t21-,22-,30-/m1/s1. The number of likely N-dealkylation sites (N-methyl/N-ethyl adjacent to an activating group) is 1. The number of aliphatic hydroxyl groups is 1. The maximum absolute atomic E-state index is 13.5. The Bertz CT molecular complexity index is 1470. The van der Waals surface area contributed by atoms with Crippen LogP contribution in [-0.2, 0) is 27.8 Å². The van der Waals surface area contributed by atoms with Gasteiger partial charge in [-0.3, -0.25) is 14.4 Å². The van der Waals surface area contributed by atoms with Gasteiger partial charge in [0.25, 0.3) is 10.0 Å². The van der Waals surface area contributed by atoms with Gasteiger partial charge in [-0.25, -0.2) is 12.8 Å². The molecule has 3 aromatic rings. The van der Waals surface area contributed by atoms with Crippen LogP contribution in [0.25, 0.3) is 0 Å². The number of hydrogen-bond donors (Lipinski definition) is 2. The van der Waals surface area contributed by atoms with Crippen LogP contribution in [0.2, 0.25) is 0 Å². The number of carbonyl (C=O) groups excluding carboxylic acids is 1. The van der Waals surface area contributed by atoms with Gasteiger partial charge in [0.1, 0.15) is 23.4 Å². The molecule has 0 aliphatic carbocycles. The molecule has 1 amide bonds. The normalized spacial score (nSPS) is 18.4. The third-order valence-corrected chi connectivity index (χ3v) is 8.79. The molecule has 1 heterocycles. The van der Waals surface area contributed by atoms with E-state index in [1.54, 1.807) is 37.1 Å². The topological polar surface area (TPSA) is 108 Å². The van der Waals surface area contributed by atoms with Gasteiger partial charge in [-0.1, -0.05) is 19.1 Å². The van der Waals surface area contributed by atoms with E-state index >= 15 is 0 Å². The Balaban J connectivity index is 1.61. The van der Waals surface area contributed by atoms with Gasteiger partial charge < -0.3 is 19.5 Å². The number of aliphatic hydroxyl groups excluding tert-OH is 1. The van der Waals surface area contributed by atoms with Crippen molar-refractivity contribution in [3.05, 3.63) is 83.7 Å². The predicted octanol–water partition coefficient (Wildman–Crippen LogP) is 3.92. The van der Waals surface area contributed by atoms with E-state index in [2.05, 4.69) is 9.62 Å². The Morgan fingerprint density at radius 3 is 2.48 bits per heavy atom. The summed E-state index contributed by atoms with van der Waals surface area (Å²) in [6.45, 7) is 5.24. The molecule has 2 N–H and O–H groups in total. The molecule has 4 rings (SSSR count). The number of methoxy groups -OCH3 is 1. The number of halogens is 1. The van der Waals surface area contributed by atoms with Crippen molar-refractivity contribution in [2.75, 3.05) is 38.6 Å². The minimum Gasteiger partial charge on any atom is -0.497 e. The smallest absolute Gasteiger partial charge is 0.261 e. The Hall–Kier alpha value is -3.67. The second kappa shape index (κ2) is 13.5. The van der Waals surface area contributed by atoms with Gasteiger partial charge in [-0.2, -0.15) is 0 Å². The summed E-state index contributed by atoms with van der Waals surface area (Å²) in [5.41, 5.74) is 1.88. The molecule has 226 valence electrons. The second-order valence-corrected chi connectivity index (χ2v) is 12.5. The van der Waals surface area contributed by atoms with Crippen LogP contribution >= 0.6 is 0 Å². The number of ether oxygens (including phenoxy) is 2. The lowest BCUT2D eigenvalue weighted by atomic mass is 10.0. The molecule has 0 saturated heterocycles. The number of anilines is 1. The maximum Gasteiger partial charge on any atom is 0.261 e. The molecule has 0 aromatic heterocycles. The average Bonchev–Trinajstić information content (AvgIpc) is 3.00. The Kier molecular flexibility index (Phi) is 10.1. The lowest BCUT2D eigenvalue weighted by Gasteiger charge is -2.34. The van der Waals surface area contributed by atoms with Crippen molar-refractivity contribution >= 4 is 21.6 Å². The first-order valence-electron chi connectivity index (χ1n) is 13.8. The van der Waals surface area contributed by atoms with Gasteiger partial charge >= 0.3 is 0 Å². The van der Waals surface area contributed by atoms with Crippen LogP contribution in [0.1, 0.15) is 25.0 Å². The number of rotatable bonds is 10. The molecule has 42 heavy (non-hydrogen) atoms. The first kappa shape index (κ1) is 31.3. The number of hydrogen-bond acceptors (Lipinski definition) is 7. The molecule has 0 unspecified atom stereocenters. The first-order chi connectivity index (χ1) is 20.0. The van der Waals surface area contributed by atoms with Crippen molar-refractivity contribution in [3.63, 3.8) is 0 Å².